The molecular weight excluding hydrogens is 310 g/mol. The molecule has 0 aromatic heterocycles. The van der Waals surface area contributed by atoms with Crippen LogP contribution in [0.4, 0.5) is 0 Å². The molecule has 0 heterocycles. The Balaban J connectivity index is 2.49. The molecule has 1 unspecified atom stereocenters. The fourth-order valence-corrected chi connectivity index (χ4v) is 1.89. The summed E-state index contributed by atoms with van der Waals surface area (Å²) >= 11 is 3.34. The molecule has 2 N–H and O–H groups in total. The van der Waals surface area contributed by atoms with Gasteiger partial charge in [-0.15, -0.1) is 0 Å². The predicted octanol–water partition coefficient (Wildman–Crippen LogP) is 2.69. The number of benzene rings is 1. The molecule has 0 fully saturated rings. The molecule has 0 saturated heterocycles. The second-order valence-electron chi connectivity index (χ2n) is 4.08. The van der Waals surface area contributed by atoms with Crippen molar-refractivity contribution in [2.75, 3.05) is 6.54 Å². The maximum atomic E-state index is 11.5. The maximum Gasteiger partial charge on any atom is 0.308 e. The van der Waals surface area contributed by atoms with E-state index in [9.17, 15) is 9.59 Å². The van der Waals surface area contributed by atoms with Gasteiger partial charge in [-0.2, -0.15) is 0 Å². The summed E-state index contributed by atoms with van der Waals surface area (Å²) < 4.78 is 0.937. The molecule has 0 radical (unpaired) electrons. The van der Waals surface area contributed by atoms with Gasteiger partial charge in [0.25, 0.3) is 0 Å². The summed E-state index contributed by atoms with van der Waals surface area (Å²) in [7, 11) is 0. The quantitative estimate of drug-likeness (QED) is 0.790. The number of nitrogens with one attached hydrogen (secondary N) is 1. The van der Waals surface area contributed by atoms with E-state index in [1.54, 1.807) is 13.0 Å². The van der Waals surface area contributed by atoms with Crippen LogP contribution < -0.4 is 5.32 Å². The molecular formula is C14H16BrNO3. The predicted molar refractivity (Wildman–Crippen MR) is 77.6 cm³/mol. The first-order valence-corrected chi connectivity index (χ1v) is 6.76. The van der Waals surface area contributed by atoms with Crippen LogP contribution in [0.1, 0.15) is 18.9 Å². The summed E-state index contributed by atoms with van der Waals surface area (Å²) in [5, 5.41) is 11.4. The fourth-order valence-electron chi connectivity index (χ4n) is 1.47. The van der Waals surface area contributed by atoms with Crippen molar-refractivity contribution < 1.29 is 14.7 Å². The summed E-state index contributed by atoms with van der Waals surface area (Å²) in [5.74, 6) is -1.72. The van der Waals surface area contributed by atoms with Crippen molar-refractivity contribution in [2.45, 2.75) is 13.3 Å². The second kappa shape index (κ2) is 7.74. The number of carbonyl (C=O) groups excluding carboxylic acids is 1. The van der Waals surface area contributed by atoms with Gasteiger partial charge in [-0.1, -0.05) is 35.0 Å². The third-order valence-corrected chi connectivity index (χ3v) is 3.13. The van der Waals surface area contributed by atoms with E-state index in [1.165, 1.54) is 6.08 Å². The van der Waals surface area contributed by atoms with Gasteiger partial charge in [-0.25, -0.2) is 0 Å². The lowest BCUT2D eigenvalue weighted by molar-refractivity contribution is -0.141. The van der Waals surface area contributed by atoms with Crippen molar-refractivity contribution in [3.8, 4) is 0 Å². The van der Waals surface area contributed by atoms with Crippen molar-refractivity contribution in [1.82, 2.24) is 5.32 Å². The lowest BCUT2D eigenvalue weighted by Crippen LogP contribution is -2.31. The number of hydrogen-bond acceptors (Lipinski definition) is 2. The SMILES string of the molecule is CCC(CNC(=O)C=Cc1cccc(Br)c1)C(=O)O. The molecule has 0 aliphatic rings. The van der Waals surface area contributed by atoms with Crippen molar-refractivity contribution in [3.63, 3.8) is 0 Å². The lowest BCUT2D eigenvalue weighted by Gasteiger charge is -2.09. The molecule has 1 atom stereocenters. The van der Waals surface area contributed by atoms with Crippen LogP contribution in [0.2, 0.25) is 0 Å². The van der Waals surface area contributed by atoms with E-state index >= 15 is 0 Å². The molecule has 102 valence electrons. The lowest BCUT2D eigenvalue weighted by atomic mass is 10.1. The number of rotatable bonds is 6. The highest BCUT2D eigenvalue weighted by Gasteiger charge is 2.14. The molecule has 0 spiro atoms. The van der Waals surface area contributed by atoms with E-state index < -0.39 is 11.9 Å². The first-order valence-electron chi connectivity index (χ1n) is 5.97. The first kappa shape index (κ1) is 15.4. The molecule has 5 heteroatoms. The van der Waals surface area contributed by atoms with E-state index in [1.807, 2.05) is 24.3 Å². The molecule has 0 aliphatic carbocycles. The van der Waals surface area contributed by atoms with Crippen LogP contribution in [-0.4, -0.2) is 23.5 Å². The molecule has 4 nitrogen and oxygen atoms in total. The number of carbonyl (C=O) groups is 2. The van der Waals surface area contributed by atoms with Crippen LogP contribution in [0.3, 0.4) is 0 Å². The van der Waals surface area contributed by atoms with E-state index in [2.05, 4.69) is 21.2 Å². The van der Waals surface area contributed by atoms with E-state index in [0.717, 1.165) is 10.0 Å². The summed E-state index contributed by atoms with van der Waals surface area (Å²) in [4.78, 5) is 22.3. The third kappa shape index (κ3) is 5.70. The number of carboxylic acid groups (broad SMARTS) is 1. The van der Waals surface area contributed by atoms with Crippen molar-refractivity contribution in [2.24, 2.45) is 5.92 Å². The molecule has 0 aliphatic heterocycles. The van der Waals surface area contributed by atoms with Gasteiger partial charge >= 0.3 is 5.97 Å². The minimum absolute atomic E-state index is 0.146. The van der Waals surface area contributed by atoms with Gasteiger partial charge in [0.2, 0.25) is 5.91 Å². The van der Waals surface area contributed by atoms with Crippen molar-refractivity contribution >= 4 is 33.9 Å². The van der Waals surface area contributed by atoms with Crippen LogP contribution in [0.25, 0.3) is 6.08 Å². The molecule has 1 amide bonds. The monoisotopic (exact) mass is 325 g/mol. The van der Waals surface area contributed by atoms with E-state index in [-0.39, 0.29) is 12.5 Å². The van der Waals surface area contributed by atoms with Crippen molar-refractivity contribution in [1.29, 1.82) is 0 Å². The van der Waals surface area contributed by atoms with Crippen LogP contribution in [-0.2, 0) is 9.59 Å². The van der Waals surface area contributed by atoms with Crippen LogP contribution in [0.15, 0.2) is 34.8 Å². The Morgan fingerprint density at radius 2 is 2.21 bits per heavy atom. The van der Waals surface area contributed by atoms with Crippen molar-refractivity contribution in [3.05, 3.63) is 40.4 Å². The standard InChI is InChI=1S/C14H16BrNO3/c1-2-11(14(18)19)9-16-13(17)7-6-10-4-3-5-12(15)8-10/h3-8,11H,2,9H2,1H3,(H,16,17)(H,18,19). The number of amides is 1. The highest BCUT2D eigenvalue weighted by Crippen LogP contribution is 2.12. The molecule has 1 rings (SSSR count). The molecule has 0 saturated carbocycles. The highest BCUT2D eigenvalue weighted by atomic mass is 79.9. The van der Waals surface area contributed by atoms with Gasteiger partial charge < -0.3 is 10.4 Å². The van der Waals surface area contributed by atoms with Crippen LogP contribution >= 0.6 is 15.9 Å². The molecule has 0 bridgehead atoms. The topological polar surface area (TPSA) is 66.4 Å². The summed E-state index contributed by atoms with van der Waals surface area (Å²) in [5.41, 5.74) is 0.898. The van der Waals surface area contributed by atoms with Gasteiger partial charge in [0, 0.05) is 17.1 Å². The van der Waals surface area contributed by atoms with Crippen LogP contribution in [0, 0.1) is 5.92 Å². The minimum Gasteiger partial charge on any atom is -0.481 e. The first-order chi connectivity index (χ1) is 9.02. The summed E-state index contributed by atoms with van der Waals surface area (Å²) in [6.07, 6.45) is 3.57. The number of hydrogen-bond donors (Lipinski definition) is 2. The smallest absolute Gasteiger partial charge is 0.308 e. The second-order valence-corrected chi connectivity index (χ2v) is 4.99. The Hall–Kier alpha value is -1.62. The average Bonchev–Trinajstić information content (AvgIpc) is 2.37. The maximum absolute atomic E-state index is 11.5. The zero-order valence-electron chi connectivity index (χ0n) is 10.6. The van der Waals surface area contributed by atoms with E-state index in [4.69, 9.17) is 5.11 Å². The Bertz CT molecular complexity index is 485. The zero-order chi connectivity index (χ0) is 14.3. The third-order valence-electron chi connectivity index (χ3n) is 2.64. The molecule has 1 aromatic rings. The summed E-state index contributed by atoms with van der Waals surface area (Å²) in [6, 6.07) is 7.53. The largest absolute Gasteiger partial charge is 0.481 e. The Labute approximate surface area is 120 Å². The average molecular weight is 326 g/mol. The van der Waals surface area contributed by atoms with Crippen LogP contribution in [0.5, 0.6) is 0 Å². The molecule has 19 heavy (non-hydrogen) atoms. The Morgan fingerprint density at radius 3 is 2.79 bits per heavy atom. The Kier molecular flexibility index (Phi) is 6.29. The number of aliphatic carboxylic acids is 1. The number of halogens is 1. The summed E-state index contributed by atoms with van der Waals surface area (Å²) in [6.45, 7) is 1.93. The van der Waals surface area contributed by atoms with Gasteiger partial charge in [-0.3, -0.25) is 9.59 Å². The minimum atomic E-state index is -0.890. The highest BCUT2D eigenvalue weighted by molar-refractivity contribution is 9.10. The van der Waals surface area contributed by atoms with Gasteiger partial charge in [0.05, 0.1) is 5.92 Å². The van der Waals surface area contributed by atoms with Gasteiger partial charge in [0.1, 0.15) is 0 Å². The van der Waals surface area contributed by atoms with Gasteiger partial charge in [0.15, 0.2) is 0 Å². The Morgan fingerprint density at radius 1 is 1.47 bits per heavy atom. The normalized spacial score (nSPS) is 12.3. The van der Waals surface area contributed by atoms with Gasteiger partial charge in [-0.05, 0) is 30.2 Å². The fraction of sp³-hybridized carbons (Fsp3) is 0.286. The zero-order valence-corrected chi connectivity index (χ0v) is 12.2. The molecule has 1 aromatic carbocycles. The van der Waals surface area contributed by atoms with E-state index in [0.29, 0.717) is 6.42 Å². The number of carboxylic acids is 1.